The van der Waals surface area contributed by atoms with E-state index in [2.05, 4.69) is 40.9 Å². The largest absolute Gasteiger partial charge is 0.299 e. The van der Waals surface area contributed by atoms with Crippen LogP contribution in [0.25, 0.3) is 0 Å². The third kappa shape index (κ3) is 2.76. The lowest BCUT2D eigenvalue weighted by Crippen LogP contribution is -2.54. The first-order valence-corrected chi connectivity index (χ1v) is 8.57. The highest BCUT2D eigenvalue weighted by atomic mass is 16.1. The zero-order chi connectivity index (χ0) is 15.8. The van der Waals surface area contributed by atoms with Gasteiger partial charge in [0.25, 0.3) is 0 Å². The van der Waals surface area contributed by atoms with Gasteiger partial charge in [-0.05, 0) is 48.9 Å². The molecule has 118 valence electrons. The monoisotopic (exact) mass is 288 g/mol. The average molecular weight is 288 g/mol. The van der Waals surface area contributed by atoms with Gasteiger partial charge in [0.1, 0.15) is 5.78 Å². The summed E-state index contributed by atoms with van der Waals surface area (Å²) in [4.78, 5) is 12.4. The Balaban J connectivity index is 2.25. The molecular weight excluding hydrogens is 256 g/mol. The van der Waals surface area contributed by atoms with Gasteiger partial charge in [0.15, 0.2) is 0 Å². The summed E-state index contributed by atoms with van der Waals surface area (Å²) in [7, 11) is 0. The van der Waals surface area contributed by atoms with Crippen LogP contribution < -0.4 is 0 Å². The molecule has 2 aliphatic carbocycles. The molecular formula is C20H32O. The number of hydrogen-bond donors (Lipinski definition) is 0. The van der Waals surface area contributed by atoms with Gasteiger partial charge in [0, 0.05) is 11.8 Å². The maximum absolute atomic E-state index is 12.4. The molecule has 1 nitrogen and oxygen atoms in total. The molecule has 0 saturated heterocycles. The van der Waals surface area contributed by atoms with Crippen LogP contribution in [0.3, 0.4) is 0 Å². The minimum atomic E-state index is -0.138. The van der Waals surface area contributed by atoms with Gasteiger partial charge in [-0.15, -0.1) is 0 Å². The highest BCUT2D eigenvalue weighted by molar-refractivity contribution is 5.85. The Morgan fingerprint density at radius 1 is 1.33 bits per heavy atom. The van der Waals surface area contributed by atoms with Gasteiger partial charge in [-0.25, -0.2) is 0 Å². The summed E-state index contributed by atoms with van der Waals surface area (Å²) in [5, 5.41) is 0. The van der Waals surface area contributed by atoms with Crippen LogP contribution in [0.5, 0.6) is 0 Å². The van der Waals surface area contributed by atoms with Crippen LogP contribution in [0, 0.1) is 28.6 Å². The minimum Gasteiger partial charge on any atom is -0.299 e. The number of hydrogen-bond acceptors (Lipinski definition) is 1. The first kappa shape index (κ1) is 16.5. The number of Topliss-reactive ketones (excluding diaryl/α,β-unsaturated/α-hetero) is 1. The second kappa shape index (κ2) is 5.74. The second-order valence-corrected chi connectivity index (χ2v) is 8.27. The van der Waals surface area contributed by atoms with E-state index in [0.29, 0.717) is 23.0 Å². The molecule has 0 aliphatic heterocycles. The van der Waals surface area contributed by atoms with Crippen molar-refractivity contribution in [1.29, 1.82) is 0 Å². The highest BCUT2D eigenvalue weighted by Gasteiger charge is 2.56. The van der Waals surface area contributed by atoms with Crippen molar-refractivity contribution in [2.75, 3.05) is 0 Å². The Morgan fingerprint density at radius 3 is 2.62 bits per heavy atom. The van der Waals surface area contributed by atoms with Crippen molar-refractivity contribution in [1.82, 2.24) is 0 Å². The fraction of sp³-hybridized carbons (Fsp3) is 0.750. The van der Waals surface area contributed by atoms with Crippen molar-refractivity contribution in [3.8, 4) is 0 Å². The van der Waals surface area contributed by atoms with Crippen molar-refractivity contribution in [3.63, 3.8) is 0 Å². The van der Waals surface area contributed by atoms with Crippen molar-refractivity contribution < 1.29 is 4.79 Å². The molecule has 0 spiro atoms. The maximum atomic E-state index is 12.4. The van der Waals surface area contributed by atoms with Crippen LogP contribution in [-0.2, 0) is 4.79 Å². The van der Waals surface area contributed by atoms with Crippen LogP contribution in [0.15, 0.2) is 24.8 Å². The van der Waals surface area contributed by atoms with Gasteiger partial charge in [-0.2, -0.15) is 0 Å². The van der Waals surface area contributed by atoms with Crippen molar-refractivity contribution in [3.05, 3.63) is 24.8 Å². The molecule has 0 aromatic heterocycles. The molecule has 2 fully saturated rings. The van der Waals surface area contributed by atoms with Gasteiger partial charge in [-0.1, -0.05) is 58.9 Å². The topological polar surface area (TPSA) is 17.1 Å². The second-order valence-electron chi connectivity index (χ2n) is 8.27. The Bertz CT molecular complexity index is 445. The Hall–Kier alpha value is -0.850. The van der Waals surface area contributed by atoms with E-state index < -0.39 is 0 Å². The molecule has 2 aliphatic rings. The lowest BCUT2D eigenvalue weighted by Gasteiger charge is -2.58. The average Bonchev–Trinajstić information content (AvgIpc) is 2.42. The minimum absolute atomic E-state index is 0.138. The maximum Gasteiger partial charge on any atom is 0.138 e. The van der Waals surface area contributed by atoms with E-state index in [9.17, 15) is 4.79 Å². The van der Waals surface area contributed by atoms with Gasteiger partial charge < -0.3 is 0 Å². The molecule has 0 aromatic carbocycles. The highest BCUT2D eigenvalue weighted by Crippen LogP contribution is 2.61. The first-order valence-electron chi connectivity index (χ1n) is 8.57. The molecule has 1 heteroatoms. The first-order chi connectivity index (χ1) is 9.73. The van der Waals surface area contributed by atoms with Crippen LogP contribution >= 0.6 is 0 Å². The van der Waals surface area contributed by atoms with Crippen LogP contribution in [-0.4, -0.2) is 5.78 Å². The van der Waals surface area contributed by atoms with Crippen molar-refractivity contribution >= 4 is 5.78 Å². The number of allylic oxidation sites excluding steroid dienone is 2. The fourth-order valence-corrected chi connectivity index (χ4v) is 5.37. The van der Waals surface area contributed by atoms with Crippen LogP contribution in [0.2, 0.25) is 0 Å². The molecule has 0 aromatic rings. The van der Waals surface area contributed by atoms with E-state index in [1.165, 1.54) is 19.3 Å². The fourth-order valence-electron chi connectivity index (χ4n) is 5.37. The van der Waals surface area contributed by atoms with E-state index in [0.717, 1.165) is 30.8 Å². The molecule has 0 radical (unpaired) electrons. The zero-order valence-corrected chi connectivity index (χ0v) is 14.4. The van der Waals surface area contributed by atoms with Crippen LogP contribution in [0.1, 0.15) is 66.2 Å². The van der Waals surface area contributed by atoms with E-state index in [-0.39, 0.29) is 5.41 Å². The van der Waals surface area contributed by atoms with E-state index in [1.807, 2.05) is 6.08 Å². The van der Waals surface area contributed by atoms with Crippen LogP contribution in [0.4, 0.5) is 0 Å². The summed E-state index contributed by atoms with van der Waals surface area (Å²) in [5.74, 6) is 2.49. The number of ketones is 1. The predicted octanol–water partition coefficient (Wildman–Crippen LogP) is 5.57. The summed E-state index contributed by atoms with van der Waals surface area (Å²) in [6.07, 6.45) is 8.47. The molecule has 0 heterocycles. The Kier molecular flexibility index (Phi) is 4.52. The third-order valence-corrected chi connectivity index (χ3v) is 6.79. The predicted molar refractivity (Wildman–Crippen MR) is 90.1 cm³/mol. The summed E-state index contributed by atoms with van der Waals surface area (Å²) in [5.41, 5.74) is 1.33. The summed E-state index contributed by atoms with van der Waals surface area (Å²) < 4.78 is 0. The SMILES string of the molecule is C=CC(=C)CC[C@H]1[C@H](C)CC[C@H]2C(C)(C)C(=O)CC[C@]12C. The Morgan fingerprint density at radius 2 is 2.00 bits per heavy atom. The number of carbonyl (C=O) groups excluding carboxylic acids is 1. The quantitative estimate of drug-likeness (QED) is 0.618. The standard InChI is InChI=1S/C20H32O/c1-7-14(2)8-10-16-15(3)9-11-17-19(4,5)18(21)12-13-20(16,17)6/h7,15-17H,1-2,8-13H2,3-6H3/t15-,16+,17+,20-/m1/s1. The molecule has 0 bridgehead atoms. The smallest absolute Gasteiger partial charge is 0.138 e. The van der Waals surface area contributed by atoms with Gasteiger partial charge in [0.05, 0.1) is 0 Å². The molecule has 0 N–H and O–H groups in total. The van der Waals surface area contributed by atoms with Crippen molar-refractivity contribution in [2.24, 2.45) is 28.6 Å². The van der Waals surface area contributed by atoms with Gasteiger partial charge in [-0.3, -0.25) is 4.79 Å². The van der Waals surface area contributed by atoms with Gasteiger partial charge >= 0.3 is 0 Å². The lowest BCUT2D eigenvalue weighted by atomic mass is 9.46. The number of carbonyl (C=O) groups is 1. The summed E-state index contributed by atoms with van der Waals surface area (Å²) >= 11 is 0. The summed E-state index contributed by atoms with van der Waals surface area (Å²) in [6, 6.07) is 0. The van der Waals surface area contributed by atoms with E-state index in [4.69, 9.17) is 0 Å². The number of fused-ring (bicyclic) bond motifs is 1. The molecule has 0 amide bonds. The molecule has 0 unspecified atom stereocenters. The molecule has 21 heavy (non-hydrogen) atoms. The number of rotatable bonds is 4. The normalized spacial score (nSPS) is 38.7. The molecule has 2 saturated carbocycles. The Labute approximate surface area is 130 Å². The van der Waals surface area contributed by atoms with Crippen molar-refractivity contribution in [2.45, 2.75) is 66.2 Å². The lowest BCUT2D eigenvalue weighted by molar-refractivity contribution is -0.151. The third-order valence-electron chi connectivity index (χ3n) is 6.79. The zero-order valence-electron chi connectivity index (χ0n) is 14.4. The van der Waals surface area contributed by atoms with E-state index >= 15 is 0 Å². The van der Waals surface area contributed by atoms with Gasteiger partial charge in [0.2, 0.25) is 0 Å². The molecule has 4 atom stereocenters. The molecule has 2 rings (SSSR count). The van der Waals surface area contributed by atoms with E-state index in [1.54, 1.807) is 0 Å². The summed E-state index contributed by atoms with van der Waals surface area (Å²) in [6.45, 7) is 17.2.